The molecule has 1 aliphatic rings. The lowest BCUT2D eigenvalue weighted by atomic mass is 10.1. The zero-order valence-electron chi connectivity index (χ0n) is 16.1. The normalized spacial score (nSPS) is 17.3. The standard InChI is InChI=1S/C18H19Cl3N6O2/c1-18(2,3)29-17(28)27-6-5-26(9-10(27)7-22-4)15-11-8-23-14(20)12(19)13(11)24-16(21)25-15/h8,10H,5-7,9H2,1-3H3/t10-/m0/s1. The van der Waals surface area contributed by atoms with Crippen LogP contribution in [-0.4, -0.2) is 63.8 Å². The number of aromatic nitrogens is 3. The molecule has 8 nitrogen and oxygen atoms in total. The summed E-state index contributed by atoms with van der Waals surface area (Å²) in [5, 5.41) is 0.935. The number of rotatable bonds is 2. The molecule has 0 saturated carbocycles. The molecule has 1 atom stereocenters. The molecule has 1 saturated heterocycles. The average molecular weight is 458 g/mol. The number of carbonyl (C=O) groups is 1. The highest BCUT2D eigenvalue weighted by Crippen LogP contribution is 2.34. The maximum atomic E-state index is 12.6. The third kappa shape index (κ3) is 4.74. The predicted molar refractivity (Wildman–Crippen MR) is 113 cm³/mol. The minimum atomic E-state index is -0.616. The number of halogens is 3. The van der Waals surface area contributed by atoms with Gasteiger partial charge in [0.15, 0.2) is 0 Å². The van der Waals surface area contributed by atoms with Gasteiger partial charge in [0.2, 0.25) is 11.8 Å². The van der Waals surface area contributed by atoms with Crippen LogP contribution in [0.25, 0.3) is 15.7 Å². The summed E-state index contributed by atoms with van der Waals surface area (Å²) in [6, 6.07) is -0.365. The SMILES string of the molecule is [C-]#[N+]C[C@H]1CN(c2nc(Cl)nc3c(Cl)c(Cl)ncc23)CCN1C(=O)OC(C)(C)C. The summed E-state index contributed by atoms with van der Waals surface area (Å²) in [6.45, 7) is 14.1. The van der Waals surface area contributed by atoms with Crippen LogP contribution in [0.3, 0.4) is 0 Å². The van der Waals surface area contributed by atoms with E-state index >= 15 is 0 Å². The molecule has 11 heteroatoms. The van der Waals surface area contributed by atoms with E-state index in [0.717, 1.165) is 0 Å². The van der Waals surface area contributed by atoms with Gasteiger partial charge in [-0.15, -0.1) is 0 Å². The van der Waals surface area contributed by atoms with Gasteiger partial charge >= 0.3 is 6.09 Å². The summed E-state index contributed by atoms with van der Waals surface area (Å²) in [6.07, 6.45) is 1.10. The number of fused-ring (bicyclic) bond motifs is 1. The molecule has 3 rings (SSSR count). The quantitative estimate of drug-likeness (QED) is 0.379. The van der Waals surface area contributed by atoms with Crippen molar-refractivity contribution in [2.45, 2.75) is 32.4 Å². The predicted octanol–water partition coefficient (Wildman–Crippen LogP) is 4.33. The van der Waals surface area contributed by atoms with Crippen molar-refractivity contribution in [2.24, 2.45) is 0 Å². The highest BCUT2D eigenvalue weighted by atomic mass is 35.5. The van der Waals surface area contributed by atoms with Crippen LogP contribution >= 0.6 is 34.8 Å². The molecule has 0 N–H and O–H groups in total. The Kier molecular flexibility index (Phi) is 6.22. The molecule has 29 heavy (non-hydrogen) atoms. The molecule has 0 aliphatic carbocycles. The minimum absolute atomic E-state index is 0.0213. The molecule has 1 amide bonds. The van der Waals surface area contributed by atoms with Crippen molar-refractivity contribution in [1.82, 2.24) is 19.9 Å². The summed E-state index contributed by atoms with van der Waals surface area (Å²) in [4.78, 5) is 32.2. The lowest BCUT2D eigenvalue weighted by Gasteiger charge is -2.40. The van der Waals surface area contributed by atoms with Crippen molar-refractivity contribution in [2.75, 3.05) is 31.1 Å². The number of amides is 1. The Morgan fingerprint density at radius 3 is 2.69 bits per heavy atom. The van der Waals surface area contributed by atoms with E-state index in [1.807, 2.05) is 25.7 Å². The van der Waals surface area contributed by atoms with E-state index in [1.54, 1.807) is 11.1 Å². The summed E-state index contributed by atoms with van der Waals surface area (Å²) < 4.78 is 5.49. The lowest BCUT2D eigenvalue weighted by Crippen LogP contribution is -2.57. The van der Waals surface area contributed by atoms with E-state index in [0.29, 0.717) is 36.4 Å². The number of anilines is 1. The number of hydrogen-bond donors (Lipinski definition) is 0. The van der Waals surface area contributed by atoms with Gasteiger partial charge in [-0.2, -0.15) is 4.98 Å². The van der Waals surface area contributed by atoms with Crippen molar-refractivity contribution < 1.29 is 9.53 Å². The molecule has 1 fully saturated rings. The van der Waals surface area contributed by atoms with Crippen LogP contribution in [0, 0.1) is 6.57 Å². The summed E-state index contributed by atoms with van der Waals surface area (Å²) in [5.74, 6) is 0.532. The number of pyridine rings is 1. The van der Waals surface area contributed by atoms with Gasteiger partial charge in [0, 0.05) is 25.8 Å². The number of piperazine rings is 1. The van der Waals surface area contributed by atoms with Gasteiger partial charge < -0.3 is 14.5 Å². The van der Waals surface area contributed by atoms with E-state index in [9.17, 15) is 4.79 Å². The molecular formula is C18H19Cl3N6O2. The molecule has 2 aromatic heterocycles. The van der Waals surface area contributed by atoms with Crippen LogP contribution < -0.4 is 4.90 Å². The monoisotopic (exact) mass is 456 g/mol. The van der Waals surface area contributed by atoms with E-state index in [2.05, 4.69) is 19.8 Å². The Hall–Kier alpha value is -2.08. The first-order chi connectivity index (χ1) is 13.6. The molecule has 0 aromatic carbocycles. The average Bonchev–Trinajstić information content (AvgIpc) is 2.63. The van der Waals surface area contributed by atoms with Gasteiger partial charge in [-0.05, 0) is 32.4 Å². The molecule has 0 bridgehead atoms. The minimum Gasteiger partial charge on any atom is -0.444 e. The smallest absolute Gasteiger partial charge is 0.410 e. The largest absolute Gasteiger partial charge is 0.444 e. The fourth-order valence-corrected chi connectivity index (χ4v) is 3.60. The van der Waals surface area contributed by atoms with E-state index in [4.69, 9.17) is 46.1 Å². The molecule has 154 valence electrons. The number of ether oxygens (including phenoxy) is 1. The van der Waals surface area contributed by atoms with E-state index in [1.165, 1.54) is 0 Å². The molecule has 2 aromatic rings. The first-order valence-corrected chi connectivity index (χ1v) is 9.99. The van der Waals surface area contributed by atoms with Gasteiger partial charge in [0.1, 0.15) is 33.2 Å². The summed E-state index contributed by atoms with van der Waals surface area (Å²) in [7, 11) is 0. The zero-order chi connectivity index (χ0) is 21.3. The Bertz CT molecular complexity index is 988. The fourth-order valence-electron chi connectivity index (χ4n) is 3.10. The summed E-state index contributed by atoms with van der Waals surface area (Å²) in [5.41, 5.74) is -0.215. The maximum Gasteiger partial charge on any atom is 0.410 e. The maximum absolute atomic E-state index is 12.6. The van der Waals surface area contributed by atoms with E-state index < -0.39 is 11.7 Å². The van der Waals surface area contributed by atoms with Gasteiger partial charge in [-0.3, -0.25) is 4.90 Å². The Balaban J connectivity index is 1.93. The van der Waals surface area contributed by atoms with Crippen molar-refractivity contribution in [3.8, 4) is 0 Å². The molecule has 3 heterocycles. The Morgan fingerprint density at radius 1 is 1.31 bits per heavy atom. The van der Waals surface area contributed by atoms with Crippen LogP contribution in [0.5, 0.6) is 0 Å². The van der Waals surface area contributed by atoms with Crippen LogP contribution in [-0.2, 0) is 4.74 Å². The van der Waals surface area contributed by atoms with Crippen molar-refractivity contribution >= 4 is 57.6 Å². The molecule has 1 aliphatic heterocycles. The van der Waals surface area contributed by atoms with Gasteiger partial charge in [-0.1, -0.05) is 23.2 Å². The zero-order valence-corrected chi connectivity index (χ0v) is 18.4. The molecule has 0 spiro atoms. The molecular weight excluding hydrogens is 439 g/mol. The second kappa shape index (κ2) is 8.34. The molecule has 0 unspecified atom stereocenters. The first-order valence-electron chi connectivity index (χ1n) is 8.85. The molecule has 0 radical (unpaired) electrons. The third-order valence-electron chi connectivity index (χ3n) is 4.31. The second-order valence-corrected chi connectivity index (χ2v) is 8.63. The number of nitrogens with zero attached hydrogens (tertiary/aromatic N) is 6. The first kappa shape index (κ1) is 21.6. The number of carbonyl (C=O) groups excluding carboxylic acids is 1. The topological polar surface area (TPSA) is 75.8 Å². The fraction of sp³-hybridized carbons (Fsp3) is 0.500. The van der Waals surface area contributed by atoms with Crippen LogP contribution in [0.15, 0.2) is 6.20 Å². The van der Waals surface area contributed by atoms with Crippen molar-refractivity contribution in [3.05, 3.63) is 33.1 Å². The van der Waals surface area contributed by atoms with Gasteiger partial charge in [0.05, 0.1) is 5.39 Å². The lowest BCUT2D eigenvalue weighted by molar-refractivity contribution is 0.0156. The van der Waals surface area contributed by atoms with Gasteiger partial charge in [0.25, 0.3) is 0 Å². The second-order valence-electron chi connectivity index (χ2n) is 7.56. The summed E-state index contributed by atoms with van der Waals surface area (Å²) >= 11 is 18.4. The van der Waals surface area contributed by atoms with Crippen LogP contribution in [0.4, 0.5) is 10.6 Å². The Morgan fingerprint density at radius 2 is 2.03 bits per heavy atom. The van der Waals surface area contributed by atoms with Crippen molar-refractivity contribution in [3.63, 3.8) is 0 Å². The Labute approximate surface area is 183 Å². The van der Waals surface area contributed by atoms with Crippen LogP contribution in [0.2, 0.25) is 15.5 Å². The third-order valence-corrected chi connectivity index (χ3v) is 5.22. The van der Waals surface area contributed by atoms with Crippen molar-refractivity contribution in [1.29, 1.82) is 0 Å². The van der Waals surface area contributed by atoms with E-state index in [-0.39, 0.29) is 28.0 Å². The van der Waals surface area contributed by atoms with Crippen LogP contribution in [0.1, 0.15) is 20.8 Å². The number of hydrogen-bond acceptors (Lipinski definition) is 6. The highest BCUT2D eigenvalue weighted by molar-refractivity contribution is 6.44. The van der Waals surface area contributed by atoms with Gasteiger partial charge in [-0.25, -0.2) is 21.3 Å². The highest BCUT2D eigenvalue weighted by Gasteiger charge is 2.36.